The fourth-order valence-corrected chi connectivity index (χ4v) is 3.24. The number of carbonyl (C=O) groups excluding carboxylic acids is 1. The predicted octanol–water partition coefficient (Wildman–Crippen LogP) is 2.07. The summed E-state index contributed by atoms with van der Waals surface area (Å²) in [4.78, 5) is 14.7. The van der Waals surface area contributed by atoms with Crippen molar-refractivity contribution in [3.63, 3.8) is 0 Å². The average Bonchev–Trinajstić information content (AvgIpc) is 3.35. The number of nitrogens with zero attached hydrogens (tertiary/aromatic N) is 1. The van der Waals surface area contributed by atoms with Gasteiger partial charge < -0.3 is 10.1 Å². The Bertz CT molecular complexity index is 491. The van der Waals surface area contributed by atoms with Crippen molar-refractivity contribution in [3.05, 3.63) is 35.4 Å². The van der Waals surface area contributed by atoms with E-state index in [9.17, 15) is 4.79 Å². The van der Waals surface area contributed by atoms with Crippen LogP contribution in [0, 0.1) is 0 Å². The van der Waals surface area contributed by atoms with Gasteiger partial charge >= 0.3 is 5.97 Å². The summed E-state index contributed by atoms with van der Waals surface area (Å²) in [6.07, 6.45) is 3.55. The predicted molar refractivity (Wildman–Crippen MR) is 82.2 cm³/mol. The van der Waals surface area contributed by atoms with Gasteiger partial charge in [-0.05, 0) is 42.9 Å². The van der Waals surface area contributed by atoms with Crippen molar-refractivity contribution in [1.82, 2.24) is 10.2 Å². The second kappa shape index (κ2) is 6.58. The molecule has 0 amide bonds. The van der Waals surface area contributed by atoms with Crippen LogP contribution in [0.5, 0.6) is 0 Å². The minimum absolute atomic E-state index is 0.134. The molecule has 3 rings (SSSR count). The normalized spacial score (nSPS) is 21.6. The fraction of sp³-hybridized carbons (Fsp3) is 0.588. The van der Waals surface area contributed by atoms with Crippen LogP contribution in [0.2, 0.25) is 0 Å². The van der Waals surface area contributed by atoms with E-state index in [1.54, 1.807) is 0 Å². The highest BCUT2D eigenvalue weighted by atomic mass is 16.5. The molecular weight excluding hydrogens is 264 g/mol. The molecule has 1 aliphatic heterocycles. The van der Waals surface area contributed by atoms with Gasteiger partial charge in [0.25, 0.3) is 0 Å². The van der Waals surface area contributed by atoms with Gasteiger partial charge in [-0.15, -0.1) is 0 Å². The number of carbonyl (C=O) groups is 1. The van der Waals surface area contributed by atoms with Crippen molar-refractivity contribution >= 4 is 5.97 Å². The summed E-state index contributed by atoms with van der Waals surface area (Å²) in [7, 11) is 1.49. The van der Waals surface area contributed by atoms with Crippen LogP contribution >= 0.6 is 0 Å². The zero-order chi connectivity index (χ0) is 14.7. The number of benzene rings is 1. The summed E-state index contributed by atoms with van der Waals surface area (Å²) in [5.41, 5.74) is 2.49. The van der Waals surface area contributed by atoms with Crippen molar-refractivity contribution < 1.29 is 9.53 Å². The first-order valence-electron chi connectivity index (χ1n) is 7.92. The van der Waals surface area contributed by atoms with Gasteiger partial charge in [-0.1, -0.05) is 24.3 Å². The smallest absolute Gasteiger partial charge is 0.327 e. The fourth-order valence-electron chi connectivity index (χ4n) is 3.24. The van der Waals surface area contributed by atoms with E-state index in [2.05, 4.69) is 28.4 Å². The van der Waals surface area contributed by atoms with Gasteiger partial charge in [0.1, 0.15) is 6.04 Å². The molecule has 0 bridgehead atoms. The Morgan fingerprint density at radius 1 is 1.29 bits per heavy atom. The number of rotatable bonds is 4. The molecular formula is C17H24N2O2. The second-order valence-electron chi connectivity index (χ2n) is 5.97. The standard InChI is InChI=1S/C17H24N2O2/c1-21-17(20)16(19-11-4-9-18-10-12-19)15-6-3-2-5-14(15)13-7-8-13/h2-3,5-6,13,16,18H,4,7-12H2,1H3. The summed E-state index contributed by atoms with van der Waals surface area (Å²) in [6.45, 7) is 3.78. The van der Waals surface area contributed by atoms with Crippen LogP contribution in [0.25, 0.3) is 0 Å². The van der Waals surface area contributed by atoms with Gasteiger partial charge in [0.05, 0.1) is 7.11 Å². The Balaban J connectivity index is 1.93. The Morgan fingerprint density at radius 2 is 2.10 bits per heavy atom. The van der Waals surface area contributed by atoms with Gasteiger partial charge in [0.2, 0.25) is 0 Å². The Hall–Kier alpha value is -1.39. The van der Waals surface area contributed by atoms with Gasteiger partial charge in [-0.25, -0.2) is 4.79 Å². The second-order valence-corrected chi connectivity index (χ2v) is 5.97. The van der Waals surface area contributed by atoms with Crippen molar-refractivity contribution in [3.8, 4) is 0 Å². The molecule has 2 fully saturated rings. The highest BCUT2D eigenvalue weighted by molar-refractivity contribution is 5.78. The Kier molecular flexibility index (Phi) is 4.56. The molecule has 1 heterocycles. The lowest BCUT2D eigenvalue weighted by molar-refractivity contribution is -0.147. The molecule has 0 aromatic heterocycles. The van der Waals surface area contributed by atoms with Crippen LogP contribution in [0.4, 0.5) is 0 Å². The van der Waals surface area contributed by atoms with Crippen LogP contribution in [-0.2, 0) is 9.53 Å². The monoisotopic (exact) mass is 288 g/mol. The molecule has 1 aliphatic carbocycles. The molecule has 1 saturated carbocycles. The Morgan fingerprint density at radius 3 is 2.86 bits per heavy atom. The number of ether oxygens (including phenoxy) is 1. The molecule has 4 nitrogen and oxygen atoms in total. The van der Waals surface area contributed by atoms with E-state index in [4.69, 9.17) is 4.74 Å². The minimum Gasteiger partial charge on any atom is -0.468 e. The van der Waals surface area contributed by atoms with Crippen molar-refractivity contribution in [1.29, 1.82) is 0 Å². The van der Waals surface area contributed by atoms with E-state index in [1.165, 1.54) is 25.5 Å². The number of hydrogen-bond donors (Lipinski definition) is 1. The topological polar surface area (TPSA) is 41.6 Å². The lowest BCUT2D eigenvalue weighted by Gasteiger charge is -2.30. The SMILES string of the molecule is COC(=O)C(c1ccccc1C1CC1)N1CCCNCC1. The first-order chi connectivity index (χ1) is 10.3. The van der Waals surface area contributed by atoms with Gasteiger partial charge in [-0.2, -0.15) is 0 Å². The molecule has 21 heavy (non-hydrogen) atoms. The summed E-state index contributed by atoms with van der Waals surface area (Å²) >= 11 is 0. The van der Waals surface area contributed by atoms with Crippen molar-refractivity contribution in [2.75, 3.05) is 33.3 Å². The van der Waals surface area contributed by atoms with E-state index in [-0.39, 0.29) is 12.0 Å². The number of hydrogen-bond acceptors (Lipinski definition) is 4. The Labute approximate surface area is 126 Å². The maximum atomic E-state index is 12.4. The molecule has 2 aliphatic rings. The first-order valence-corrected chi connectivity index (χ1v) is 7.92. The molecule has 0 spiro atoms. The third kappa shape index (κ3) is 3.27. The van der Waals surface area contributed by atoms with Gasteiger partial charge in [-0.3, -0.25) is 4.90 Å². The summed E-state index contributed by atoms with van der Waals surface area (Å²) in [6, 6.07) is 8.14. The molecule has 1 saturated heterocycles. The molecule has 114 valence electrons. The molecule has 1 aromatic rings. The maximum absolute atomic E-state index is 12.4. The zero-order valence-electron chi connectivity index (χ0n) is 12.7. The van der Waals surface area contributed by atoms with Crippen LogP contribution in [0.3, 0.4) is 0 Å². The van der Waals surface area contributed by atoms with E-state index < -0.39 is 0 Å². The number of nitrogens with one attached hydrogen (secondary N) is 1. The third-order valence-electron chi connectivity index (χ3n) is 4.47. The van der Waals surface area contributed by atoms with Crippen molar-refractivity contribution in [2.45, 2.75) is 31.2 Å². The molecule has 1 N–H and O–H groups in total. The largest absolute Gasteiger partial charge is 0.468 e. The van der Waals surface area contributed by atoms with Crippen LogP contribution in [-0.4, -0.2) is 44.2 Å². The highest BCUT2D eigenvalue weighted by Gasteiger charge is 2.34. The van der Waals surface area contributed by atoms with Crippen LogP contribution in [0.15, 0.2) is 24.3 Å². The molecule has 1 atom stereocenters. The van der Waals surface area contributed by atoms with Gasteiger partial charge in [0.15, 0.2) is 0 Å². The molecule has 1 aromatic carbocycles. The first kappa shape index (κ1) is 14.5. The number of esters is 1. The van der Waals surface area contributed by atoms with E-state index >= 15 is 0 Å². The number of methoxy groups -OCH3 is 1. The third-order valence-corrected chi connectivity index (χ3v) is 4.47. The molecule has 1 unspecified atom stereocenters. The lowest BCUT2D eigenvalue weighted by atomic mass is 9.95. The summed E-state index contributed by atoms with van der Waals surface area (Å²) in [5.74, 6) is 0.503. The van der Waals surface area contributed by atoms with Gasteiger partial charge in [0, 0.05) is 19.6 Å². The van der Waals surface area contributed by atoms with Crippen LogP contribution < -0.4 is 5.32 Å². The minimum atomic E-state index is -0.258. The average molecular weight is 288 g/mol. The highest BCUT2D eigenvalue weighted by Crippen LogP contribution is 2.43. The maximum Gasteiger partial charge on any atom is 0.327 e. The lowest BCUT2D eigenvalue weighted by Crippen LogP contribution is -2.37. The molecule has 0 radical (unpaired) electrons. The quantitative estimate of drug-likeness (QED) is 0.861. The summed E-state index contributed by atoms with van der Waals surface area (Å²) < 4.78 is 5.11. The van der Waals surface area contributed by atoms with Crippen LogP contribution in [0.1, 0.15) is 42.3 Å². The van der Waals surface area contributed by atoms with Crippen molar-refractivity contribution in [2.24, 2.45) is 0 Å². The van der Waals surface area contributed by atoms with E-state index in [0.29, 0.717) is 5.92 Å². The summed E-state index contributed by atoms with van der Waals surface area (Å²) in [5, 5.41) is 3.40. The zero-order valence-corrected chi connectivity index (χ0v) is 12.7. The van der Waals surface area contributed by atoms with E-state index in [0.717, 1.165) is 38.2 Å². The van der Waals surface area contributed by atoms with E-state index in [1.807, 2.05) is 6.07 Å². The molecule has 4 heteroatoms.